The Hall–Kier alpha value is -2.32. The van der Waals surface area contributed by atoms with Crippen LogP contribution in [0.5, 0.6) is 5.75 Å². The third-order valence-electron chi connectivity index (χ3n) is 3.72. The van der Waals surface area contributed by atoms with Crippen LogP contribution in [0.4, 0.5) is 0 Å². The second-order valence-corrected chi connectivity index (χ2v) is 5.00. The van der Waals surface area contributed by atoms with Gasteiger partial charge in [-0.05, 0) is 18.6 Å². The zero-order valence-electron chi connectivity index (χ0n) is 10.9. The van der Waals surface area contributed by atoms with E-state index in [1.807, 2.05) is 6.07 Å². The van der Waals surface area contributed by atoms with E-state index in [1.54, 1.807) is 28.8 Å². The van der Waals surface area contributed by atoms with Crippen molar-refractivity contribution in [3.63, 3.8) is 0 Å². The number of hydrogen-bond donors (Lipinski definition) is 1. The Bertz CT molecular complexity index is 752. The van der Waals surface area contributed by atoms with Gasteiger partial charge in [-0.25, -0.2) is 0 Å². The highest BCUT2D eigenvalue weighted by atomic mass is 16.5. The summed E-state index contributed by atoms with van der Waals surface area (Å²) in [6.07, 6.45) is 0.906. The zero-order valence-corrected chi connectivity index (χ0v) is 10.9. The van der Waals surface area contributed by atoms with Crippen LogP contribution >= 0.6 is 0 Å². The summed E-state index contributed by atoms with van der Waals surface area (Å²) < 4.78 is 6.91. The van der Waals surface area contributed by atoms with Crippen molar-refractivity contribution < 1.29 is 9.84 Å². The zero-order chi connectivity index (χ0) is 14.1. The topological polar surface area (TPSA) is 75.2 Å². The van der Waals surface area contributed by atoms with Gasteiger partial charge < -0.3 is 14.4 Å². The third kappa shape index (κ3) is 1.95. The number of aromatic hydroxyl groups is 1. The molecule has 0 spiro atoms. The molecule has 1 saturated heterocycles. The summed E-state index contributed by atoms with van der Waals surface area (Å²) in [5.74, 6) is 0.0409. The number of para-hydroxylation sites is 1. The largest absolute Gasteiger partial charge is 0.506 e. The molecule has 2 aromatic rings. The summed E-state index contributed by atoms with van der Waals surface area (Å²) in [4.78, 5) is 12.4. The van der Waals surface area contributed by atoms with Crippen molar-refractivity contribution in [3.05, 3.63) is 40.2 Å². The highest BCUT2D eigenvalue weighted by Crippen LogP contribution is 2.26. The minimum absolute atomic E-state index is 0.192. The molecule has 1 unspecified atom stereocenters. The number of aromatic nitrogens is 1. The summed E-state index contributed by atoms with van der Waals surface area (Å²) in [5.41, 5.74) is 0.0270. The second-order valence-electron chi connectivity index (χ2n) is 5.00. The molecular weight excluding hydrogens is 256 g/mol. The maximum atomic E-state index is 12.4. The number of hydrogen-bond acceptors (Lipinski definition) is 4. The van der Waals surface area contributed by atoms with Crippen LogP contribution < -0.4 is 5.56 Å². The summed E-state index contributed by atoms with van der Waals surface area (Å²) >= 11 is 0. The molecule has 1 atom stereocenters. The SMILES string of the molecule is N#Cc1c(O)c2ccccc2n(CC2CCOC2)c1=O. The number of fused-ring (bicyclic) bond motifs is 1. The van der Waals surface area contributed by atoms with Gasteiger partial charge in [0.1, 0.15) is 11.8 Å². The van der Waals surface area contributed by atoms with Crippen LogP contribution in [-0.4, -0.2) is 22.9 Å². The van der Waals surface area contributed by atoms with Crippen molar-refractivity contribution in [1.29, 1.82) is 5.26 Å². The Kier molecular flexibility index (Phi) is 3.17. The van der Waals surface area contributed by atoms with Crippen LogP contribution in [0.25, 0.3) is 10.9 Å². The van der Waals surface area contributed by atoms with Gasteiger partial charge in [-0.2, -0.15) is 5.26 Å². The van der Waals surface area contributed by atoms with E-state index in [0.29, 0.717) is 30.7 Å². The molecule has 5 heteroatoms. The predicted molar refractivity (Wildman–Crippen MR) is 73.5 cm³/mol. The Morgan fingerprint density at radius 2 is 2.25 bits per heavy atom. The first-order chi connectivity index (χ1) is 9.72. The first-order valence-corrected chi connectivity index (χ1v) is 6.54. The van der Waals surface area contributed by atoms with Crippen LogP contribution in [0.2, 0.25) is 0 Å². The Morgan fingerprint density at radius 3 is 2.95 bits per heavy atom. The number of pyridine rings is 1. The Balaban J connectivity index is 2.23. The van der Waals surface area contributed by atoms with Gasteiger partial charge in [0.05, 0.1) is 12.1 Å². The van der Waals surface area contributed by atoms with Gasteiger partial charge in [-0.1, -0.05) is 12.1 Å². The summed E-state index contributed by atoms with van der Waals surface area (Å²) in [5, 5.41) is 19.7. The molecule has 5 nitrogen and oxygen atoms in total. The van der Waals surface area contributed by atoms with Crippen LogP contribution in [-0.2, 0) is 11.3 Å². The molecule has 0 aliphatic carbocycles. The van der Waals surface area contributed by atoms with Crippen LogP contribution in [0, 0.1) is 17.2 Å². The van der Waals surface area contributed by atoms with E-state index in [2.05, 4.69) is 0 Å². The normalized spacial score (nSPS) is 18.2. The molecule has 0 radical (unpaired) electrons. The van der Waals surface area contributed by atoms with E-state index < -0.39 is 5.56 Å². The van der Waals surface area contributed by atoms with Gasteiger partial charge in [-0.3, -0.25) is 4.79 Å². The fraction of sp³-hybridized carbons (Fsp3) is 0.333. The van der Waals surface area contributed by atoms with Crippen molar-refractivity contribution >= 4 is 10.9 Å². The molecule has 20 heavy (non-hydrogen) atoms. The van der Waals surface area contributed by atoms with Gasteiger partial charge in [-0.15, -0.1) is 0 Å². The summed E-state index contributed by atoms with van der Waals surface area (Å²) in [6, 6.07) is 8.90. The summed E-state index contributed by atoms with van der Waals surface area (Å²) in [6.45, 7) is 1.85. The molecule has 3 rings (SSSR count). The number of benzene rings is 1. The quantitative estimate of drug-likeness (QED) is 0.899. The lowest BCUT2D eigenvalue weighted by Crippen LogP contribution is -2.26. The molecule has 1 aromatic heterocycles. The standard InChI is InChI=1S/C15H14N2O3/c16-7-12-14(18)11-3-1-2-4-13(11)17(15(12)19)8-10-5-6-20-9-10/h1-4,10,18H,5-6,8-9H2. The summed E-state index contributed by atoms with van der Waals surface area (Å²) in [7, 11) is 0. The lowest BCUT2D eigenvalue weighted by Gasteiger charge is -2.15. The molecule has 102 valence electrons. The fourth-order valence-electron chi connectivity index (χ4n) is 2.66. The Morgan fingerprint density at radius 1 is 1.45 bits per heavy atom. The number of rotatable bonds is 2. The van der Waals surface area contributed by atoms with E-state index in [1.165, 1.54) is 0 Å². The molecule has 1 N–H and O–H groups in total. The first-order valence-electron chi connectivity index (χ1n) is 6.54. The van der Waals surface area contributed by atoms with Crippen molar-refractivity contribution in [2.75, 3.05) is 13.2 Å². The van der Waals surface area contributed by atoms with E-state index in [9.17, 15) is 9.90 Å². The average Bonchev–Trinajstić information content (AvgIpc) is 2.97. The molecule has 0 amide bonds. The smallest absolute Gasteiger partial charge is 0.272 e. The minimum Gasteiger partial charge on any atom is -0.506 e. The molecule has 0 bridgehead atoms. The lowest BCUT2D eigenvalue weighted by atomic mass is 10.1. The van der Waals surface area contributed by atoms with E-state index >= 15 is 0 Å². The van der Waals surface area contributed by atoms with Crippen LogP contribution in [0.3, 0.4) is 0 Å². The number of ether oxygens (including phenoxy) is 1. The highest BCUT2D eigenvalue weighted by molar-refractivity contribution is 5.87. The van der Waals surface area contributed by atoms with Crippen LogP contribution in [0.1, 0.15) is 12.0 Å². The molecule has 1 aromatic carbocycles. The van der Waals surface area contributed by atoms with Crippen molar-refractivity contribution in [2.45, 2.75) is 13.0 Å². The maximum Gasteiger partial charge on any atom is 0.272 e. The van der Waals surface area contributed by atoms with Gasteiger partial charge in [0.25, 0.3) is 5.56 Å². The molecule has 1 fully saturated rings. The van der Waals surface area contributed by atoms with Gasteiger partial charge >= 0.3 is 0 Å². The minimum atomic E-state index is -0.435. The highest BCUT2D eigenvalue weighted by Gasteiger charge is 2.21. The monoisotopic (exact) mass is 270 g/mol. The number of nitriles is 1. The second kappa shape index (κ2) is 4.99. The predicted octanol–water partition coefficient (Wildman–Crippen LogP) is 1.62. The van der Waals surface area contributed by atoms with Crippen molar-refractivity contribution in [3.8, 4) is 11.8 Å². The maximum absolute atomic E-state index is 12.4. The van der Waals surface area contributed by atoms with Crippen molar-refractivity contribution in [2.24, 2.45) is 5.92 Å². The fourth-order valence-corrected chi connectivity index (χ4v) is 2.66. The third-order valence-corrected chi connectivity index (χ3v) is 3.72. The molecular formula is C15H14N2O3. The van der Waals surface area contributed by atoms with Crippen LogP contribution in [0.15, 0.2) is 29.1 Å². The average molecular weight is 270 g/mol. The Labute approximate surface area is 115 Å². The first kappa shape index (κ1) is 12.7. The van der Waals surface area contributed by atoms with Gasteiger partial charge in [0.15, 0.2) is 5.56 Å². The molecule has 1 aliphatic heterocycles. The lowest BCUT2D eigenvalue weighted by molar-refractivity contribution is 0.182. The van der Waals surface area contributed by atoms with E-state index in [0.717, 1.165) is 6.42 Å². The van der Waals surface area contributed by atoms with E-state index in [4.69, 9.17) is 10.00 Å². The van der Waals surface area contributed by atoms with Crippen molar-refractivity contribution in [1.82, 2.24) is 4.57 Å². The number of nitrogens with zero attached hydrogens (tertiary/aromatic N) is 2. The van der Waals surface area contributed by atoms with E-state index in [-0.39, 0.29) is 17.2 Å². The van der Waals surface area contributed by atoms with Gasteiger partial charge in [0.2, 0.25) is 0 Å². The molecule has 2 heterocycles. The molecule has 1 aliphatic rings. The van der Waals surface area contributed by atoms with Gasteiger partial charge in [0, 0.05) is 24.5 Å². The molecule has 0 saturated carbocycles.